The molecule has 1 aliphatic heterocycles. The molecule has 3 heterocycles. The molecule has 1 saturated carbocycles. The monoisotopic (exact) mass is 539 g/mol. The maximum Gasteiger partial charge on any atom is 0.257 e. The van der Waals surface area contributed by atoms with Crippen LogP contribution < -0.4 is 15.6 Å². The molecule has 2 fully saturated rings. The fourth-order valence-corrected chi connectivity index (χ4v) is 4.70. The first kappa shape index (κ1) is 27.1. The molecule has 2 aliphatic rings. The van der Waals surface area contributed by atoms with Gasteiger partial charge in [0.2, 0.25) is 11.8 Å². The Labute approximate surface area is 213 Å². The van der Waals surface area contributed by atoms with Crippen LogP contribution in [0.25, 0.3) is 0 Å². The smallest absolute Gasteiger partial charge is 0.257 e. The molecule has 2 aromatic heterocycles. The van der Waals surface area contributed by atoms with Gasteiger partial charge in [0.1, 0.15) is 9.84 Å². The molecule has 1 aliphatic carbocycles. The third kappa shape index (κ3) is 7.31. The number of alkyl halides is 2. The lowest BCUT2D eigenvalue weighted by atomic mass is 9.87. The predicted octanol–water partition coefficient (Wildman–Crippen LogP) is 1.92. The van der Waals surface area contributed by atoms with E-state index in [0.29, 0.717) is 18.4 Å². The van der Waals surface area contributed by atoms with Crippen molar-refractivity contribution in [3.8, 4) is 5.88 Å². The number of halogens is 2. The molecule has 2 atom stereocenters. The average Bonchev–Trinajstić information content (AvgIpc) is 3.67. The van der Waals surface area contributed by atoms with Crippen LogP contribution in [0.2, 0.25) is 0 Å². The van der Waals surface area contributed by atoms with Crippen molar-refractivity contribution in [2.45, 2.75) is 50.6 Å². The lowest BCUT2D eigenvalue weighted by Gasteiger charge is -2.40. The molecule has 37 heavy (non-hydrogen) atoms. The lowest BCUT2D eigenvalue weighted by Crippen LogP contribution is -2.52. The number of amides is 1. The molecule has 13 heteroatoms. The van der Waals surface area contributed by atoms with E-state index in [1.165, 1.54) is 18.3 Å². The number of ether oxygens (including phenoxy) is 1. The highest BCUT2D eigenvalue weighted by Crippen LogP contribution is 2.40. The third-order valence-corrected chi connectivity index (χ3v) is 7.68. The van der Waals surface area contributed by atoms with E-state index in [-0.39, 0.29) is 36.8 Å². The number of carbonyl (C=O) groups is 1. The predicted molar refractivity (Wildman–Crippen MR) is 133 cm³/mol. The number of anilines is 1. The van der Waals surface area contributed by atoms with Crippen molar-refractivity contribution in [3.05, 3.63) is 46.4 Å². The molecule has 4 rings (SSSR count). The Morgan fingerprint density at radius 2 is 2.00 bits per heavy atom. The fraction of sp³-hybridized carbons (Fsp3) is 0.583. The quantitative estimate of drug-likeness (QED) is 0.486. The van der Waals surface area contributed by atoms with Crippen molar-refractivity contribution in [2.24, 2.45) is 5.92 Å². The molecule has 0 spiro atoms. The number of nitrogens with one attached hydrogen (secondary N) is 1. The van der Waals surface area contributed by atoms with Crippen molar-refractivity contribution in [1.82, 2.24) is 19.7 Å². The zero-order valence-corrected chi connectivity index (χ0v) is 21.6. The van der Waals surface area contributed by atoms with Crippen molar-refractivity contribution >= 4 is 21.6 Å². The average molecular weight is 540 g/mol. The van der Waals surface area contributed by atoms with Crippen molar-refractivity contribution in [3.63, 3.8) is 0 Å². The first-order chi connectivity index (χ1) is 17.4. The van der Waals surface area contributed by atoms with Gasteiger partial charge in [-0.05, 0) is 37.3 Å². The number of likely N-dealkylation sites (tertiary alicyclic amines) is 1. The molecule has 0 bridgehead atoms. The first-order valence-corrected chi connectivity index (χ1v) is 14.2. The summed E-state index contributed by atoms with van der Waals surface area (Å²) in [6, 6.07) is 4.97. The molecular weight excluding hydrogens is 508 g/mol. The van der Waals surface area contributed by atoms with E-state index in [4.69, 9.17) is 4.74 Å². The molecule has 10 nitrogen and oxygen atoms in total. The van der Waals surface area contributed by atoms with Crippen LogP contribution in [0.4, 0.5) is 14.6 Å². The Kier molecular flexibility index (Phi) is 7.93. The molecule has 0 radical (unpaired) electrons. The molecule has 1 saturated heterocycles. The lowest BCUT2D eigenvalue weighted by molar-refractivity contribution is -0.125. The summed E-state index contributed by atoms with van der Waals surface area (Å²) in [5, 5.41) is 10.6. The number of nitrogens with zero attached hydrogens (tertiary/aromatic N) is 4. The van der Waals surface area contributed by atoms with Gasteiger partial charge in [0.15, 0.2) is 5.82 Å². The SMILES string of the molecule is CC(C(=O)Nc1ccc(OCC2CC2)nn1)N1CCC(F)(F)C(c2ccc(=O)n(CCS(C)(=O)=O)c2)C1. The molecular formula is C24H31F2N5O5S. The third-order valence-electron chi connectivity index (χ3n) is 6.75. The van der Waals surface area contributed by atoms with E-state index in [2.05, 4.69) is 15.5 Å². The summed E-state index contributed by atoms with van der Waals surface area (Å²) in [5.74, 6) is -3.86. The Morgan fingerprint density at radius 3 is 2.65 bits per heavy atom. The second kappa shape index (κ2) is 10.8. The molecule has 1 amide bonds. The van der Waals surface area contributed by atoms with Crippen LogP contribution in [0.15, 0.2) is 35.3 Å². The van der Waals surface area contributed by atoms with Gasteiger partial charge >= 0.3 is 0 Å². The highest BCUT2D eigenvalue weighted by molar-refractivity contribution is 7.90. The minimum atomic E-state index is -3.34. The van der Waals surface area contributed by atoms with Gasteiger partial charge in [0.05, 0.1) is 24.3 Å². The van der Waals surface area contributed by atoms with Crippen LogP contribution in [0.3, 0.4) is 0 Å². The zero-order valence-electron chi connectivity index (χ0n) is 20.8. The number of piperidine rings is 1. The van der Waals surface area contributed by atoms with Gasteiger partial charge in [-0.15, -0.1) is 10.2 Å². The van der Waals surface area contributed by atoms with Crippen LogP contribution in [0.1, 0.15) is 37.7 Å². The summed E-state index contributed by atoms with van der Waals surface area (Å²) in [6.45, 7) is 1.98. The van der Waals surface area contributed by atoms with Gasteiger partial charge in [-0.25, -0.2) is 17.2 Å². The molecule has 202 valence electrons. The maximum absolute atomic E-state index is 15.0. The van der Waals surface area contributed by atoms with Gasteiger partial charge in [0.25, 0.3) is 11.5 Å². The van der Waals surface area contributed by atoms with Gasteiger partial charge in [-0.1, -0.05) is 6.07 Å². The normalized spacial score (nSPS) is 20.8. The van der Waals surface area contributed by atoms with Crippen LogP contribution in [-0.2, 0) is 21.2 Å². The second-order valence-corrected chi connectivity index (χ2v) is 12.1. The van der Waals surface area contributed by atoms with E-state index in [9.17, 15) is 26.8 Å². The Balaban J connectivity index is 1.41. The number of rotatable bonds is 10. The summed E-state index contributed by atoms with van der Waals surface area (Å²) >= 11 is 0. The maximum atomic E-state index is 15.0. The highest BCUT2D eigenvalue weighted by atomic mass is 32.2. The van der Waals surface area contributed by atoms with Crippen LogP contribution >= 0.6 is 0 Å². The second-order valence-electron chi connectivity index (χ2n) is 9.86. The molecule has 2 aromatic rings. The summed E-state index contributed by atoms with van der Waals surface area (Å²) in [7, 11) is -3.34. The summed E-state index contributed by atoms with van der Waals surface area (Å²) < 4.78 is 59.6. The Hall–Kier alpha value is -2.93. The minimum absolute atomic E-state index is 0.00538. The Bertz CT molecular complexity index is 1280. The van der Waals surface area contributed by atoms with Crippen LogP contribution in [-0.4, -0.2) is 77.7 Å². The number of hydrogen-bond acceptors (Lipinski definition) is 8. The van der Waals surface area contributed by atoms with Crippen molar-refractivity contribution in [1.29, 1.82) is 0 Å². The van der Waals surface area contributed by atoms with Crippen LogP contribution in [0.5, 0.6) is 5.88 Å². The summed E-state index contributed by atoms with van der Waals surface area (Å²) in [5.41, 5.74) is -0.260. The van der Waals surface area contributed by atoms with Gasteiger partial charge < -0.3 is 14.6 Å². The number of pyridine rings is 1. The number of carbonyl (C=O) groups excluding carboxylic acids is 1. The topological polar surface area (TPSA) is 123 Å². The molecule has 2 unspecified atom stereocenters. The highest BCUT2D eigenvalue weighted by Gasteiger charge is 2.46. The van der Waals surface area contributed by atoms with Gasteiger partial charge in [-0.3, -0.25) is 14.5 Å². The number of hydrogen-bond donors (Lipinski definition) is 1. The Morgan fingerprint density at radius 1 is 1.24 bits per heavy atom. The number of aryl methyl sites for hydroxylation is 1. The molecule has 0 aromatic carbocycles. The summed E-state index contributed by atoms with van der Waals surface area (Å²) in [6.07, 6.45) is 4.17. The van der Waals surface area contributed by atoms with E-state index >= 15 is 0 Å². The van der Waals surface area contributed by atoms with Crippen LogP contribution in [0, 0.1) is 5.92 Å². The van der Waals surface area contributed by atoms with Gasteiger partial charge in [0, 0.05) is 50.6 Å². The summed E-state index contributed by atoms with van der Waals surface area (Å²) in [4.78, 5) is 26.7. The van der Waals surface area contributed by atoms with E-state index in [1.807, 2.05) is 0 Å². The standard InChI is InChI=1S/C24H31F2N5O5S/c1-16(23(33)27-20-6-7-21(29-28-20)36-15-17-3-4-17)30-10-9-24(25,26)19(14-30)18-5-8-22(32)31(13-18)11-12-37(2,34)35/h5-8,13,16-17,19H,3-4,9-12,14-15H2,1-2H3,(H,27,28,33). The van der Waals surface area contributed by atoms with Crippen molar-refractivity contribution in [2.75, 3.05) is 37.0 Å². The minimum Gasteiger partial charge on any atom is -0.476 e. The number of aromatic nitrogens is 3. The number of sulfone groups is 1. The molecule has 1 N–H and O–H groups in total. The van der Waals surface area contributed by atoms with E-state index in [0.717, 1.165) is 23.7 Å². The zero-order chi connectivity index (χ0) is 26.8. The first-order valence-electron chi connectivity index (χ1n) is 12.2. The van der Waals surface area contributed by atoms with Gasteiger partial charge in [-0.2, -0.15) is 0 Å². The van der Waals surface area contributed by atoms with Crippen molar-refractivity contribution < 1.29 is 26.7 Å². The van der Waals surface area contributed by atoms with E-state index in [1.54, 1.807) is 24.0 Å². The largest absolute Gasteiger partial charge is 0.476 e. The fourth-order valence-electron chi connectivity index (χ4n) is 4.17. The van der Waals surface area contributed by atoms with E-state index < -0.39 is 45.6 Å².